The van der Waals surface area contributed by atoms with Crippen molar-refractivity contribution in [2.24, 2.45) is 0 Å². The molecule has 124 valence electrons. The number of aromatic nitrogens is 5. The normalized spacial score (nSPS) is 10.9. The number of rotatable bonds is 5. The zero-order valence-electron chi connectivity index (χ0n) is 12.9. The minimum atomic E-state index is -0.511. The van der Waals surface area contributed by atoms with Crippen LogP contribution in [-0.2, 0) is 17.9 Å². The van der Waals surface area contributed by atoms with Crippen molar-refractivity contribution in [2.75, 3.05) is 6.54 Å². The quantitative estimate of drug-likeness (QED) is 0.724. The van der Waals surface area contributed by atoms with Gasteiger partial charge in [0, 0.05) is 18.9 Å². The highest BCUT2D eigenvalue weighted by Crippen LogP contribution is 2.07. The molecule has 0 spiro atoms. The van der Waals surface area contributed by atoms with Gasteiger partial charge in [-0.1, -0.05) is 5.21 Å². The van der Waals surface area contributed by atoms with Gasteiger partial charge >= 0.3 is 0 Å². The van der Waals surface area contributed by atoms with E-state index in [-0.39, 0.29) is 30.9 Å². The van der Waals surface area contributed by atoms with E-state index in [0.717, 1.165) is 16.6 Å². The highest BCUT2D eigenvalue weighted by Gasteiger charge is 2.08. The molecular formula is C15H15FN6O2. The number of carbonyl (C=O) groups is 1. The molecule has 1 aromatic carbocycles. The van der Waals surface area contributed by atoms with E-state index >= 15 is 0 Å². The van der Waals surface area contributed by atoms with Gasteiger partial charge in [-0.15, -0.1) is 5.10 Å². The summed E-state index contributed by atoms with van der Waals surface area (Å²) in [6, 6.07) is 3.75. The first kappa shape index (κ1) is 15.8. The van der Waals surface area contributed by atoms with Crippen LogP contribution in [0, 0.1) is 12.7 Å². The smallest absolute Gasteiger partial charge is 0.277 e. The Hall–Kier alpha value is -3.10. The van der Waals surface area contributed by atoms with Crippen LogP contribution in [0.15, 0.2) is 35.4 Å². The molecule has 0 saturated carbocycles. The molecular weight excluding hydrogens is 315 g/mol. The third kappa shape index (κ3) is 3.29. The van der Waals surface area contributed by atoms with Gasteiger partial charge in [-0.25, -0.2) is 14.1 Å². The van der Waals surface area contributed by atoms with Crippen LogP contribution in [0.25, 0.3) is 10.9 Å². The predicted octanol–water partition coefficient (Wildman–Crippen LogP) is 0.252. The summed E-state index contributed by atoms with van der Waals surface area (Å²) in [7, 11) is 0. The molecule has 0 atom stereocenters. The first-order valence-electron chi connectivity index (χ1n) is 7.32. The lowest BCUT2D eigenvalue weighted by molar-refractivity contribution is -0.121. The van der Waals surface area contributed by atoms with Gasteiger partial charge in [0.1, 0.15) is 23.7 Å². The lowest BCUT2D eigenvalue weighted by Crippen LogP contribution is -2.34. The molecule has 0 aliphatic heterocycles. The third-order valence-electron chi connectivity index (χ3n) is 3.57. The maximum Gasteiger partial charge on any atom is 0.277 e. The Kier molecular flexibility index (Phi) is 4.32. The molecule has 2 aromatic heterocycles. The number of hydrogen-bond donors (Lipinski definition) is 1. The number of hydrogen-bond acceptors (Lipinski definition) is 5. The van der Waals surface area contributed by atoms with Crippen LogP contribution in [0.1, 0.15) is 5.82 Å². The second-order valence-corrected chi connectivity index (χ2v) is 5.23. The number of aryl methyl sites for hydroxylation is 1. The Morgan fingerprint density at radius 1 is 1.38 bits per heavy atom. The number of imidazole rings is 1. The summed E-state index contributed by atoms with van der Waals surface area (Å²) in [6.45, 7) is 2.31. The molecule has 2 heterocycles. The topological polar surface area (TPSA) is 94.7 Å². The fourth-order valence-corrected chi connectivity index (χ4v) is 2.28. The molecule has 0 radical (unpaired) electrons. The van der Waals surface area contributed by atoms with E-state index in [1.165, 1.54) is 12.1 Å². The lowest BCUT2D eigenvalue weighted by Gasteiger charge is -2.08. The van der Waals surface area contributed by atoms with Gasteiger partial charge in [-0.2, -0.15) is 0 Å². The second kappa shape index (κ2) is 6.57. The number of nitrogens with zero attached hydrogens (tertiary/aromatic N) is 5. The predicted molar refractivity (Wildman–Crippen MR) is 83.7 cm³/mol. The molecule has 0 fully saturated rings. The fraction of sp³-hybridized carbons (Fsp3) is 0.267. The van der Waals surface area contributed by atoms with Crippen LogP contribution >= 0.6 is 0 Å². The third-order valence-corrected chi connectivity index (χ3v) is 3.57. The Labute approximate surface area is 135 Å². The maximum absolute atomic E-state index is 13.3. The summed E-state index contributed by atoms with van der Waals surface area (Å²) in [5, 5.41) is 10.5. The van der Waals surface area contributed by atoms with Crippen molar-refractivity contribution in [3.8, 4) is 0 Å². The fourth-order valence-electron chi connectivity index (χ4n) is 2.28. The van der Waals surface area contributed by atoms with Crippen LogP contribution in [0.4, 0.5) is 4.39 Å². The van der Waals surface area contributed by atoms with E-state index in [0.29, 0.717) is 5.52 Å². The van der Waals surface area contributed by atoms with Crippen molar-refractivity contribution in [3.05, 3.63) is 52.6 Å². The molecule has 3 aromatic rings. The molecule has 9 heteroatoms. The van der Waals surface area contributed by atoms with Crippen molar-refractivity contribution in [1.82, 2.24) is 29.9 Å². The standard InChI is InChI=1S/C15H15FN6O2/c1-10-17-4-6-21(10)9-14(23)18-5-7-22-15(24)12-8-11(16)2-3-13(12)19-20-22/h2-4,6,8H,5,7,9H2,1H3,(H,18,23). The second-order valence-electron chi connectivity index (χ2n) is 5.23. The zero-order chi connectivity index (χ0) is 17.1. The monoisotopic (exact) mass is 330 g/mol. The van der Waals surface area contributed by atoms with Crippen molar-refractivity contribution in [2.45, 2.75) is 20.0 Å². The molecule has 0 unspecified atom stereocenters. The first-order chi connectivity index (χ1) is 11.5. The maximum atomic E-state index is 13.3. The molecule has 24 heavy (non-hydrogen) atoms. The number of halogens is 1. The van der Waals surface area contributed by atoms with E-state index in [1.807, 2.05) is 0 Å². The lowest BCUT2D eigenvalue weighted by atomic mass is 10.2. The number of carbonyl (C=O) groups excluding carboxylic acids is 1. The summed E-state index contributed by atoms with van der Waals surface area (Å²) >= 11 is 0. The van der Waals surface area contributed by atoms with E-state index in [1.54, 1.807) is 23.9 Å². The van der Waals surface area contributed by atoms with Crippen LogP contribution in [-0.4, -0.2) is 37.0 Å². The summed E-state index contributed by atoms with van der Waals surface area (Å²) in [6.07, 6.45) is 3.33. The number of nitrogens with one attached hydrogen (secondary N) is 1. The summed E-state index contributed by atoms with van der Waals surface area (Å²) in [5.41, 5.74) is -0.114. The average Bonchev–Trinajstić information content (AvgIpc) is 2.95. The van der Waals surface area contributed by atoms with Gasteiger partial charge in [0.15, 0.2) is 0 Å². The van der Waals surface area contributed by atoms with Crippen LogP contribution in [0.2, 0.25) is 0 Å². The van der Waals surface area contributed by atoms with Crippen molar-refractivity contribution in [1.29, 1.82) is 0 Å². The highest BCUT2D eigenvalue weighted by molar-refractivity contribution is 5.77. The summed E-state index contributed by atoms with van der Waals surface area (Å²) in [5.74, 6) is 0.0240. The number of benzene rings is 1. The van der Waals surface area contributed by atoms with Crippen LogP contribution in [0.5, 0.6) is 0 Å². The van der Waals surface area contributed by atoms with Crippen LogP contribution in [0.3, 0.4) is 0 Å². The molecule has 1 amide bonds. The Morgan fingerprint density at radius 3 is 2.96 bits per heavy atom. The van der Waals surface area contributed by atoms with Gasteiger partial charge in [0.25, 0.3) is 5.56 Å². The van der Waals surface area contributed by atoms with E-state index in [9.17, 15) is 14.0 Å². The van der Waals surface area contributed by atoms with E-state index in [2.05, 4.69) is 20.6 Å². The molecule has 0 saturated heterocycles. The number of fused-ring (bicyclic) bond motifs is 1. The summed E-state index contributed by atoms with van der Waals surface area (Å²) in [4.78, 5) is 28.1. The molecule has 1 N–H and O–H groups in total. The Morgan fingerprint density at radius 2 is 2.21 bits per heavy atom. The minimum Gasteiger partial charge on any atom is -0.353 e. The van der Waals surface area contributed by atoms with Crippen molar-refractivity contribution >= 4 is 16.8 Å². The largest absolute Gasteiger partial charge is 0.353 e. The van der Waals surface area contributed by atoms with Gasteiger partial charge in [-0.05, 0) is 25.1 Å². The number of amides is 1. The molecule has 8 nitrogen and oxygen atoms in total. The van der Waals surface area contributed by atoms with E-state index in [4.69, 9.17) is 0 Å². The van der Waals surface area contributed by atoms with E-state index < -0.39 is 11.4 Å². The molecule has 0 bridgehead atoms. The molecule has 0 aliphatic rings. The Bertz CT molecular complexity index is 949. The average molecular weight is 330 g/mol. The molecule has 3 rings (SSSR count). The Balaban J connectivity index is 1.63. The van der Waals surface area contributed by atoms with Gasteiger partial charge in [0.05, 0.1) is 11.9 Å². The zero-order valence-corrected chi connectivity index (χ0v) is 12.9. The first-order valence-corrected chi connectivity index (χ1v) is 7.32. The van der Waals surface area contributed by atoms with Crippen LogP contribution < -0.4 is 10.9 Å². The van der Waals surface area contributed by atoms with Gasteiger partial charge < -0.3 is 9.88 Å². The van der Waals surface area contributed by atoms with Crippen molar-refractivity contribution < 1.29 is 9.18 Å². The SMILES string of the molecule is Cc1nccn1CC(=O)NCCn1nnc2ccc(F)cc2c1=O. The van der Waals surface area contributed by atoms with Crippen molar-refractivity contribution in [3.63, 3.8) is 0 Å². The molecule has 0 aliphatic carbocycles. The summed E-state index contributed by atoms with van der Waals surface area (Å²) < 4.78 is 16.1. The van der Waals surface area contributed by atoms with Gasteiger partial charge in [-0.3, -0.25) is 9.59 Å². The highest BCUT2D eigenvalue weighted by atomic mass is 19.1. The minimum absolute atomic E-state index is 0.146. The van der Waals surface area contributed by atoms with Gasteiger partial charge in [0.2, 0.25) is 5.91 Å².